The summed E-state index contributed by atoms with van der Waals surface area (Å²) in [5.74, 6) is 0.686. The van der Waals surface area contributed by atoms with Gasteiger partial charge in [-0.1, -0.05) is 200 Å². The first-order chi connectivity index (χ1) is 28.2. The lowest BCUT2D eigenvalue weighted by atomic mass is 9.67. The Kier molecular flexibility index (Phi) is 8.43. The van der Waals surface area contributed by atoms with Crippen molar-refractivity contribution < 1.29 is 0 Å². The molecule has 0 atom stereocenters. The normalized spacial score (nSPS) is 12.3. The zero-order valence-electron chi connectivity index (χ0n) is 31.0. The third-order valence-electron chi connectivity index (χ3n) is 11.2. The van der Waals surface area contributed by atoms with E-state index in [0.29, 0.717) is 11.5 Å². The van der Waals surface area contributed by atoms with E-state index < -0.39 is 5.41 Å². The lowest BCUT2D eigenvalue weighted by Crippen LogP contribution is -2.28. The Morgan fingerprint density at radius 1 is 0.368 bits per heavy atom. The van der Waals surface area contributed by atoms with Crippen molar-refractivity contribution in [1.82, 2.24) is 9.97 Å². The number of hydrogen-bond donors (Lipinski definition) is 0. The molecule has 3 nitrogen and oxygen atoms in total. The van der Waals surface area contributed by atoms with Crippen LogP contribution in [0, 0.1) is 6.57 Å². The predicted octanol–water partition coefficient (Wildman–Crippen LogP) is 13.7. The second kappa shape index (κ2) is 14.2. The van der Waals surface area contributed by atoms with Crippen LogP contribution in [-0.4, -0.2) is 9.97 Å². The van der Waals surface area contributed by atoms with Gasteiger partial charge in [0.1, 0.15) is 0 Å². The molecule has 1 aliphatic rings. The Morgan fingerprint density at radius 3 is 1.42 bits per heavy atom. The summed E-state index contributed by atoms with van der Waals surface area (Å²) in [4.78, 5) is 14.1. The SMILES string of the molecule is [C-]#[N+]c1ccc2c(c1)-c1c(-c3ccc(-c4cc(-c5ccc(-c6ccccc6)cc5)nc(-c5ccccc5)n4)cc3)cccc1C2(c1ccccc1)c1ccccc1. The Morgan fingerprint density at radius 2 is 0.860 bits per heavy atom. The van der Waals surface area contributed by atoms with E-state index in [2.05, 4.69) is 187 Å². The summed E-state index contributed by atoms with van der Waals surface area (Å²) in [7, 11) is 0. The average molecular weight is 726 g/mol. The van der Waals surface area contributed by atoms with Gasteiger partial charge in [-0.2, -0.15) is 0 Å². The highest BCUT2D eigenvalue weighted by Gasteiger charge is 2.46. The van der Waals surface area contributed by atoms with Crippen LogP contribution in [0.5, 0.6) is 0 Å². The van der Waals surface area contributed by atoms with Crippen LogP contribution in [-0.2, 0) is 5.41 Å². The highest BCUT2D eigenvalue weighted by atomic mass is 14.9. The molecular weight excluding hydrogens is 691 g/mol. The predicted molar refractivity (Wildman–Crippen MR) is 233 cm³/mol. The first-order valence-corrected chi connectivity index (χ1v) is 19.2. The van der Waals surface area contributed by atoms with Crippen LogP contribution in [0.2, 0.25) is 0 Å². The largest absolute Gasteiger partial charge is 0.238 e. The lowest BCUT2D eigenvalue weighted by molar-refractivity contribution is 0.769. The van der Waals surface area contributed by atoms with Crippen LogP contribution in [0.1, 0.15) is 22.3 Å². The molecule has 9 aromatic rings. The Hall–Kier alpha value is -7.67. The van der Waals surface area contributed by atoms with Gasteiger partial charge in [0.25, 0.3) is 0 Å². The molecule has 1 heterocycles. The molecule has 0 unspecified atom stereocenters. The number of aromatic nitrogens is 2. The molecule has 0 fully saturated rings. The fraction of sp³-hybridized carbons (Fsp3) is 0.0185. The minimum Gasteiger partial charge on any atom is -0.238 e. The monoisotopic (exact) mass is 725 g/mol. The summed E-state index contributed by atoms with van der Waals surface area (Å²) < 4.78 is 0. The van der Waals surface area contributed by atoms with Crippen molar-refractivity contribution in [2.75, 3.05) is 0 Å². The zero-order valence-corrected chi connectivity index (χ0v) is 31.0. The molecule has 3 heteroatoms. The zero-order chi connectivity index (χ0) is 38.2. The maximum Gasteiger partial charge on any atom is 0.187 e. The standard InChI is InChI=1S/C54H35N3/c1-55-45-33-34-48-47(35-45)52-46(23-14-24-49(52)54(48,43-19-10-4-11-20-43)44-21-12-5-13-22-44)39-27-31-41(32-28-39)51-36-50(56-53(57-51)42-17-8-3-9-18-42)40-29-25-38(26-30-40)37-15-6-2-7-16-37/h2-36H. The molecule has 8 aromatic carbocycles. The van der Waals surface area contributed by atoms with E-state index in [4.69, 9.17) is 16.5 Å². The smallest absolute Gasteiger partial charge is 0.187 e. The Bertz CT molecular complexity index is 2880. The van der Waals surface area contributed by atoms with Crippen LogP contribution in [0.3, 0.4) is 0 Å². The molecule has 10 rings (SSSR count). The van der Waals surface area contributed by atoms with E-state index in [1.54, 1.807) is 0 Å². The second-order valence-electron chi connectivity index (χ2n) is 14.4. The number of rotatable bonds is 7. The summed E-state index contributed by atoms with van der Waals surface area (Å²) in [6.07, 6.45) is 0. The van der Waals surface area contributed by atoms with E-state index in [1.807, 2.05) is 30.3 Å². The van der Waals surface area contributed by atoms with E-state index in [9.17, 15) is 0 Å². The quantitative estimate of drug-likeness (QED) is 0.153. The topological polar surface area (TPSA) is 30.1 Å². The minimum absolute atomic E-state index is 0.547. The van der Waals surface area contributed by atoms with Gasteiger partial charge in [-0.15, -0.1) is 0 Å². The number of benzene rings is 8. The van der Waals surface area contributed by atoms with E-state index in [-0.39, 0.29) is 0 Å². The van der Waals surface area contributed by atoms with Crippen molar-refractivity contribution in [2.24, 2.45) is 0 Å². The van der Waals surface area contributed by atoms with Crippen LogP contribution in [0.15, 0.2) is 212 Å². The maximum atomic E-state index is 7.94. The summed E-state index contributed by atoms with van der Waals surface area (Å²) in [6.45, 7) is 7.94. The average Bonchev–Trinajstić information content (AvgIpc) is 3.60. The summed E-state index contributed by atoms with van der Waals surface area (Å²) in [6, 6.07) is 74.5. The van der Waals surface area contributed by atoms with Crippen LogP contribution in [0.4, 0.5) is 5.69 Å². The molecule has 0 radical (unpaired) electrons. The Balaban J connectivity index is 1.10. The number of fused-ring (bicyclic) bond motifs is 3. The van der Waals surface area contributed by atoms with Gasteiger partial charge in [0.05, 0.1) is 23.4 Å². The van der Waals surface area contributed by atoms with E-state index in [1.165, 1.54) is 27.8 Å². The molecule has 0 saturated heterocycles. The van der Waals surface area contributed by atoms with Gasteiger partial charge in [-0.3, -0.25) is 0 Å². The third kappa shape index (κ3) is 5.84. The summed E-state index contributed by atoms with van der Waals surface area (Å²) in [5.41, 5.74) is 16.4. The fourth-order valence-electron chi connectivity index (χ4n) is 8.59. The molecule has 0 saturated carbocycles. The van der Waals surface area contributed by atoms with Gasteiger partial charge in [0, 0.05) is 16.7 Å². The Labute approximate surface area is 333 Å². The van der Waals surface area contributed by atoms with E-state index >= 15 is 0 Å². The molecular formula is C54H35N3. The van der Waals surface area contributed by atoms with Crippen molar-refractivity contribution in [1.29, 1.82) is 0 Å². The number of hydrogen-bond acceptors (Lipinski definition) is 2. The highest BCUT2D eigenvalue weighted by molar-refractivity contribution is 5.96. The highest BCUT2D eigenvalue weighted by Crippen LogP contribution is 2.58. The molecule has 0 amide bonds. The minimum atomic E-state index is -0.547. The molecule has 0 bridgehead atoms. The van der Waals surface area contributed by atoms with Crippen LogP contribution >= 0.6 is 0 Å². The van der Waals surface area contributed by atoms with Gasteiger partial charge >= 0.3 is 0 Å². The summed E-state index contributed by atoms with van der Waals surface area (Å²) in [5, 5.41) is 0. The second-order valence-corrected chi connectivity index (χ2v) is 14.4. The van der Waals surface area contributed by atoms with Crippen LogP contribution < -0.4 is 0 Å². The van der Waals surface area contributed by atoms with Crippen molar-refractivity contribution >= 4 is 5.69 Å². The van der Waals surface area contributed by atoms with Crippen molar-refractivity contribution in [2.45, 2.75) is 5.41 Å². The lowest BCUT2D eigenvalue weighted by Gasteiger charge is -2.34. The van der Waals surface area contributed by atoms with Gasteiger partial charge in [-0.05, 0) is 67.8 Å². The van der Waals surface area contributed by atoms with Crippen molar-refractivity contribution in [3.8, 4) is 67.3 Å². The van der Waals surface area contributed by atoms with Gasteiger partial charge in [-0.25, -0.2) is 14.8 Å². The first-order valence-electron chi connectivity index (χ1n) is 19.2. The molecule has 1 aromatic heterocycles. The molecule has 0 aliphatic heterocycles. The number of nitrogens with zero attached hydrogens (tertiary/aromatic N) is 3. The fourth-order valence-corrected chi connectivity index (χ4v) is 8.59. The van der Waals surface area contributed by atoms with Crippen molar-refractivity contribution in [3.63, 3.8) is 0 Å². The molecule has 266 valence electrons. The van der Waals surface area contributed by atoms with Gasteiger partial charge < -0.3 is 0 Å². The first kappa shape index (κ1) is 33.9. The molecule has 0 spiro atoms. The van der Waals surface area contributed by atoms with Gasteiger partial charge in [0.15, 0.2) is 11.5 Å². The van der Waals surface area contributed by atoms with E-state index in [0.717, 1.165) is 55.9 Å². The molecule has 0 N–H and O–H groups in total. The van der Waals surface area contributed by atoms with Crippen molar-refractivity contribution in [3.05, 3.63) is 246 Å². The van der Waals surface area contributed by atoms with Crippen LogP contribution in [0.25, 0.3) is 72.1 Å². The van der Waals surface area contributed by atoms with Gasteiger partial charge in [0.2, 0.25) is 0 Å². The maximum absolute atomic E-state index is 7.94. The summed E-state index contributed by atoms with van der Waals surface area (Å²) >= 11 is 0. The third-order valence-corrected chi connectivity index (χ3v) is 11.2. The molecule has 57 heavy (non-hydrogen) atoms. The molecule has 1 aliphatic carbocycles.